The quantitative estimate of drug-likeness (QED) is 0.473. The standard InChI is InChI=1S/C22H27NO6/c1-14-8-9-20(27-4)18(11-14)22(26)29-13-19(24)17-12-15(2)23(16(17)3)10-6-7-21(25)28-5/h8-9,11-12H,6-7,10,13H2,1-5H3. The summed E-state index contributed by atoms with van der Waals surface area (Å²) in [6.07, 6.45) is 0.922. The van der Waals surface area contributed by atoms with Crippen molar-refractivity contribution in [3.8, 4) is 5.75 Å². The van der Waals surface area contributed by atoms with Gasteiger partial charge in [-0.05, 0) is 45.4 Å². The Morgan fingerprint density at radius 1 is 1.00 bits per heavy atom. The van der Waals surface area contributed by atoms with E-state index in [1.807, 2.05) is 31.4 Å². The Morgan fingerprint density at radius 3 is 2.38 bits per heavy atom. The molecule has 0 saturated heterocycles. The molecular formula is C22H27NO6. The number of aromatic nitrogens is 1. The molecule has 0 spiro atoms. The topological polar surface area (TPSA) is 83.8 Å². The molecule has 0 aliphatic heterocycles. The van der Waals surface area contributed by atoms with Gasteiger partial charge in [0.05, 0.1) is 14.2 Å². The average molecular weight is 401 g/mol. The lowest BCUT2D eigenvalue weighted by molar-refractivity contribution is -0.140. The second kappa shape index (κ2) is 9.91. The van der Waals surface area contributed by atoms with Crippen LogP contribution in [0.5, 0.6) is 5.75 Å². The van der Waals surface area contributed by atoms with Crippen LogP contribution in [0.1, 0.15) is 50.5 Å². The van der Waals surface area contributed by atoms with Gasteiger partial charge in [0, 0.05) is 29.9 Å². The molecule has 0 saturated carbocycles. The number of carbonyl (C=O) groups excluding carboxylic acids is 3. The molecule has 156 valence electrons. The minimum atomic E-state index is -0.606. The van der Waals surface area contributed by atoms with Crippen LogP contribution in [0.2, 0.25) is 0 Å². The highest BCUT2D eigenvalue weighted by Gasteiger charge is 2.19. The van der Waals surface area contributed by atoms with Crippen molar-refractivity contribution in [3.63, 3.8) is 0 Å². The third kappa shape index (κ3) is 5.47. The third-order valence-electron chi connectivity index (χ3n) is 4.77. The second-order valence-corrected chi connectivity index (χ2v) is 6.82. The monoisotopic (exact) mass is 401 g/mol. The van der Waals surface area contributed by atoms with Crippen LogP contribution < -0.4 is 4.74 Å². The van der Waals surface area contributed by atoms with Gasteiger partial charge in [-0.3, -0.25) is 9.59 Å². The summed E-state index contributed by atoms with van der Waals surface area (Å²) in [6.45, 7) is 5.83. The molecule has 0 bridgehead atoms. The SMILES string of the molecule is COC(=O)CCCn1c(C)cc(C(=O)COC(=O)c2cc(C)ccc2OC)c1C. The van der Waals surface area contributed by atoms with Crippen molar-refractivity contribution in [2.24, 2.45) is 0 Å². The van der Waals surface area contributed by atoms with Crippen LogP contribution in [0, 0.1) is 20.8 Å². The Kier molecular flexibility index (Phi) is 7.59. The van der Waals surface area contributed by atoms with Gasteiger partial charge in [0.25, 0.3) is 0 Å². The largest absolute Gasteiger partial charge is 0.496 e. The van der Waals surface area contributed by atoms with E-state index in [1.165, 1.54) is 14.2 Å². The lowest BCUT2D eigenvalue weighted by atomic mass is 10.1. The van der Waals surface area contributed by atoms with Crippen molar-refractivity contribution in [2.45, 2.75) is 40.2 Å². The summed E-state index contributed by atoms with van der Waals surface area (Å²) in [4.78, 5) is 36.3. The van der Waals surface area contributed by atoms with Gasteiger partial charge in [-0.1, -0.05) is 11.6 Å². The van der Waals surface area contributed by atoms with E-state index in [9.17, 15) is 14.4 Å². The van der Waals surface area contributed by atoms with Gasteiger partial charge in [-0.15, -0.1) is 0 Å². The molecule has 0 unspecified atom stereocenters. The second-order valence-electron chi connectivity index (χ2n) is 6.82. The summed E-state index contributed by atoms with van der Waals surface area (Å²) in [6, 6.07) is 6.96. The van der Waals surface area contributed by atoms with Crippen LogP contribution in [0.4, 0.5) is 0 Å². The van der Waals surface area contributed by atoms with E-state index >= 15 is 0 Å². The van der Waals surface area contributed by atoms with Crippen LogP contribution in [-0.2, 0) is 20.8 Å². The maximum atomic E-state index is 12.6. The van der Waals surface area contributed by atoms with Gasteiger partial charge in [-0.25, -0.2) is 4.79 Å². The van der Waals surface area contributed by atoms with E-state index in [2.05, 4.69) is 4.74 Å². The molecule has 1 aromatic heterocycles. The summed E-state index contributed by atoms with van der Waals surface area (Å²) in [5, 5.41) is 0. The fraction of sp³-hybridized carbons (Fsp3) is 0.409. The molecule has 1 heterocycles. The first kappa shape index (κ1) is 22.2. The molecule has 2 aromatic rings. The van der Waals surface area contributed by atoms with E-state index in [1.54, 1.807) is 18.2 Å². The first-order valence-corrected chi connectivity index (χ1v) is 9.37. The van der Waals surface area contributed by atoms with Crippen molar-refractivity contribution >= 4 is 17.7 Å². The smallest absolute Gasteiger partial charge is 0.342 e. The molecule has 0 N–H and O–H groups in total. The average Bonchev–Trinajstić information content (AvgIpc) is 2.99. The van der Waals surface area contributed by atoms with Crippen molar-refractivity contribution in [3.05, 3.63) is 52.3 Å². The maximum Gasteiger partial charge on any atom is 0.342 e. The Balaban J connectivity index is 2.04. The normalized spacial score (nSPS) is 10.5. The molecule has 7 heteroatoms. The molecule has 2 rings (SSSR count). The number of nitrogens with zero attached hydrogens (tertiary/aromatic N) is 1. The number of Topliss-reactive ketones (excluding diaryl/α,β-unsaturated/α-hetero) is 1. The highest BCUT2D eigenvalue weighted by Crippen LogP contribution is 2.21. The van der Waals surface area contributed by atoms with Crippen LogP contribution in [-0.4, -0.2) is 43.1 Å². The molecular weight excluding hydrogens is 374 g/mol. The Hall–Kier alpha value is -3.09. The highest BCUT2D eigenvalue weighted by atomic mass is 16.5. The summed E-state index contributed by atoms with van der Waals surface area (Å²) in [5.74, 6) is -0.748. The fourth-order valence-electron chi connectivity index (χ4n) is 3.18. The van der Waals surface area contributed by atoms with E-state index < -0.39 is 5.97 Å². The number of rotatable bonds is 9. The summed E-state index contributed by atoms with van der Waals surface area (Å²) < 4.78 is 17.0. The minimum absolute atomic E-state index is 0.262. The van der Waals surface area contributed by atoms with Crippen molar-refractivity contribution in [1.82, 2.24) is 4.57 Å². The first-order valence-electron chi connectivity index (χ1n) is 9.37. The molecule has 0 fully saturated rings. The number of hydrogen-bond acceptors (Lipinski definition) is 6. The van der Waals surface area contributed by atoms with E-state index in [0.29, 0.717) is 30.7 Å². The zero-order chi connectivity index (χ0) is 21.6. The molecule has 0 aliphatic carbocycles. The minimum Gasteiger partial charge on any atom is -0.496 e. The molecule has 0 radical (unpaired) electrons. The predicted molar refractivity (Wildman–Crippen MR) is 108 cm³/mol. The number of ketones is 1. The van der Waals surface area contributed by atoms with E-state index in [4.69, 9.17) is 9.47 Å². The lowest BCUT2D eigenvalue weighted by Crippen LogP contribution is -2.16. The fourth-order valence-corrected chi connectivity index (χ4v) is 3.18. The summed E-state index contributed by atoms with van der Waals surface area (Å²) in [5.41, 5.74) is 3.36. The zero-order valence-corrected chi connectivity index (χ0v) is 17.5. The van der Waals surface area contributed by atoms with Crippen LogP contribution in [0.15, 0.2) is 24.3 Å². The predicted octanol–water partition coefficient (Wildman–Crippen LogP) is 3.41. The highest BCUT2D eigenvalue weighted by molar-refractivity contribution is 6.01. The maximum absolute atomic E-state index is 12.6. The van der Waals surface area contributed by atoms with Gasteiger partial charge < -0.3 is 18.8 Å². The van der Waals surface area contributed by atoms with Gasteiger partial charge in [0.1, 0.15) is 11.3 Å². The van der Waals surface area contributed by atoms with Crippen molar-refractivity contribution in [2.75, 3.05) is 20.8 Å². The van der Waals surface area contributed by atoms with Gasteiger partial charge in [0.15, 0.2) is 6.61 Å². The molecule has 7 nitrogen and oxygen atoms in total. The molecule has 29 heavy (non-hydrogen) atoms. The number of carbonyl (C=O) groups is 3. The van der Waals surface area contributed by atoms with Gasteiger partial charge >= 0.3 is 11.9 Å². The van der Waals surface area contributed by atoms with Gasteiger partial charge in [0.2, 0.25) is 5.78 Å². The molecule has 0 aliphatic rings. The number of ether oxygens (including phenoxy) is 3. The first-order chi connectivity index (χ1) is 13.8. The molecule has 1 aromatic carbocycles. The summed E-state index contributed by atoms with van der Waals surface area (Å²) >= 11 is 0. The number of aryl methyl sites for hydroxylation is 2. The zero-order valence-electron chi connectivity index (χ0n) is 17.5. The van der Waals surface area contributed by atoms with Crippen LogP contribution >= 0.6 is 0 Å². The number of benzene rings is 1. The van der Waals surface area contributed by atoms with Crippen molar-refractivity contribution in [1.29, 1.82) is 0 Å². The number of hydrogen-bond donors (Lipinski definition) is 0. The van der Waals surface area contributed by atoms with E-state index in [0.717, 1.165) is 17.0 Å². The Morgan fingerprint density at radius 2 is 1.72 bits per heavy atom. The number of methoxy groups -OCH3 is 2. The lowest BCUT2D eigenvalue weighted by Gasteiger charge is -2.10. The van der Waals surface area contributed by atoms with Crippen LogP contribution in [0.25, 0.3) is 0 Å². The van der Waals surface area contributed by atoms with Crippen molar-refractivity contribution < 1.29 is 28.6 Å². The Labute approximate surface area is 170 Å². The van der Waals surface area contributed by atoms with Crippen LogP contribution in [0.3, 0.4) is 0 Å². The number of esters is 2. The van der Waals surface area contributed by atoms with Gasteiger partial charge in [-0.2, -0.15) is 0 Å². The third-order valence-corrected chi connectivity index (χ3v) is 4.77. The summed E-state index contributed by atoms with van der Waals surface area (Å²) in [7, 11) is 2.83. The Bertz CT molecular complexity index is 912. The molecule has 0 atom stereocenters. The molecule has 0 amide bonds. The van der Waals surface area contributed by atoms with E-state index in [-0.39, 0.29) is 23.9 Å².